The van der Waals surface area contributed by atoms with E-state index in [1.807, 2.05) is 0 Å². The first-order chi connectivity index (χ1) is 12.6. The average Bonchev–Trinajstić information content (AvgIpc) is 3.22. The molecule has 0 radical (unpaired) electrons. The first-order valence-electron chi connectivity index (χ1n) is 8.39. The third-order valence-corrected chi connectivity index (χ3v) is 6.19. The molecule has 9 heteroatoms. The van der Waals surface area contributed by atoms with Crippen LogP contribution in [-0.2, 0) is 35.5 Å². The summed E-state index contributed by atoms with van der Waals surface area (Å²) < 4.78 is 35.3. The summed E-state index contributed by atoms with van der Waals surface area (Å²) >= 11 is 0. The van der Waals surface area contributed by atoms with Crippen LogP contribution in [0.25, 0.3) is 11.0 Å². The summed E-state index contributed by atoms with van der Waals surface area (Å²) in [6.07, 6.45) is 1.42. The SMILES string of the molecule is CC(C)C(=O)N(Cc1ccco1)S(=O)(=O)c1ccc2c(c1)n(C)c(=O)n2C. The lowest BCUT2D eigenvalue weighted by Crippen LogP contribution is -2.38. The second-order valence-corrected chi connectivity index (χ2v) is 8.50. The summed E-state index contributed by atoms with van der Waals surface area (Å²) in [6, 6.07) is 7.62. The number of hydrogen-bond acceptors (Lipinski definition) is 5. The van der Waals surface area contributed by atoms with E-state index in [9.17, 15) is 18.0 Å². The number of aromatic nitrogens is 2. The van der Waals surface area contributed by atoms with Gasteiger partial charge in [-0.05, 0) is 30.3 Å². The zero-order valence-corrected chi connectivity index (χ0v) is 16.4. The van der Waals surface area contributed by atoms with Crippen LogP contribution < -0.4 is 5.69 Å². The number of rotatable bonds is 5. The second-order valence-electron chi connectivity index (χ2n) is 6.64. The second kappa shape index (κ2) is 6.73. The van der Waals surface area contributed by atoms with Crippen LogP contribution in [-0.4, -0.2) is 27.8 Å². The fourth-order valence-corrected chi connectivity index (χ4v) is 4.39. The van der Waals surface area contributed by atoms with Gasteiger partial charge in [-0.15, -0.1) is 0 Å². The Morgan fingerprint density at radius 3 is 2.41 bits per heavy atom. The fourth-order valence-electron chi connectivity index (χ4n) is 2.89. The highest BCUT2D eigenvalue weighted by atomic mass is 32.2. The number of aryl methyl sites for hydroxylation is 2. The molecule has 144 valence electrons. The quantitative estimate of drug-likeness (QED) is 0.661. The number of fused-ring (bicyclic) bond motifs is 1. The molecule has 1 amide bonds. The van der Waals surface area contributed by atoms with Gasteiger partial charge in [0.25, 0.3) is 10.0 Å². The minimum Gasteiger partial charge on any atom is -0.467 e. The van der Waals surface area contributed by atoms with E-state index in [2.05, 4.69) is 0 Å². The summed E-state index contributed by atoms with van der Waals surface area (Å²) in [5, 5.41) is 0. The van der Waals surface area contributed by atoms with E-state index in [0.29, 0.717) is 16.8 Å². The number of benzene rings is 1. The summed E-state index contributed by atoms with van der Waals surface area (Å²) in [5.41, 5.74) is 0.818. The Hall–Kier alpha value is -2.81. The van der Waals surface area contributed by atoms with E-state index in [1.54, 1.807) is 46.1 Å². The van der Waals surface area contributed by atoms with Crippen molar-refractivity contribution in [1.82, 2.24) is 13.4 Å². The van der Waals surface area contributed by atoms with Crippen LogP contribution in [0.4, 0.5) is 0 Å². The molecule has 3 aromatic rings. The standard InChI is InChI=1S/C18H21N3O5S/c1-12(2)17(22)21(11-13-6-5-9-26-13)27(24,25)14-7-8-15-16(10-14)20(4)18(23)19(15)3/h5-10,12H,11H2,1-4H3. The third kappa shape index (κ3) is 3.18. The molecular formula is C18H21N3O5S. The lowest BCUT2D eigenvalue weighted by Gasteiger charge is -2.23. The van der Waals surface area contributed by atoms with Crippen molar-refractivity contribution in [2.45, 2.75) is 25.3 Å². The van der Waals surface area contributed by atoms with Crippen LogP contribution in [0.1, 0.15) is 19.6 Å². The van der Waals surface area contributed by atoms with E-state index in [4.69, 9.17) is 4.42 Å². The number of amides is 1. The van der Waals surface area contributed by atoms with Crippen LogP contribution in [0, 0.1) is 5.92 Å². The molecule has 2 aromatic heterocycles. The Kier molecular flexibility index (Phi) is 4.73. The maximum Gasteiger partial charge on any atom is 0.328 e. The third-order valence-electron chi connectivity index (χ3n) is 4.45. The van der Waals surface area contributed by atoms with Crippen molar-refractivity contribution in [2.24, 2.45) is 20.0 Å². The predicted molar refractivity (Wildman–Crippen MR) is 99.4 cm³/mol. The number of carbonyl (C=O) groups is 1. The van der Waals surface area contributed by atoms with Gasteiger partial charge >= 0.3 is 5.69 Å². The van der Waals surface area contributed by atoms with Crippen LogP contribution in [0.2, 0.25) is 0 Å². The molecule has 0 atom stereocenters. The van der Waals surface area contributed by atoms with Crippen LogP contribution in [0.5, 0.6) is 0 Å². The Morgan fingerprint density at radius 2 is 1.81 bits per heavy atom. The normalized spacial score (nSPS) is 12.0. The van der Waals surface area contributed by atoms with Crippen molar-refractivity contribution < 1.29 is 17.6 Å². The van der Waals surface area contributed by atoms with Crippen molar-refractivity contribution in [2.75, 3.05) is 0 Å². The molecule has 0 aliphatic rings. The molecule has 0 fully saturated rings. The van der Waals surface area contributed by atoms with Crippen molar-refractivity contribution in [1.29, 1.82) is 0 Å². The summed E-state index contributed by atoms with van der Waals surface area (Å²) in [5.74, 6) is -0.686. The van der Waals surface area contributed by atoms with Gasteiger partial charge < -0.3 is 4.42 Å². The fraction of sp³-hybridized carbons (Fsp3) is 0.333. The highest BCUT2D eigenvalue weighted by Gasteiger charge is 2.32. The molecule has 0 aliphatic heterocycles. The predicted octanol–water partition coefficient (Wildman–Crippen LogP) is 1.84. The van der Waals surface area contributed by atoms with E-state index in [-0.39, 0.29) is 17.1 Å². The topological polar surface area (TPSA) is 94.5 Å². The first kappa shape index (κ1) is 19.0. The van der Waals surface area contributed by atoms with Gasteiger partial charge in [-0.2, -0.15) is 0 Å². The van der Waals surface area contributed by atoms with E-state index in [1.165, 1.54) is 27.5 Å². The van der Waals surface area contributed by atoms with Gasteiger partial charge in [0, 0.05) is 20.0 Å². The van der Waals surface area contributed by atoms with Crippen LogP contribution >= 0.6 is 0 Å². The number of sulfonamides is 1. The van der Waals surface area contributed by atoms with Crippen molar-refractivity contribution in [3.8, 4) is 0 Å². The van der Waals surface area contributed by atoms with Crippen molar-refractivity contribution >= 4 is 27.0 Å². The van der Waals surface area contributed by atoms with Gasteiger partial charge in [0.15, 0.2) is 0 Å². The number of hydrogen-bond donors (Lipinski definition) is 0. The van der Waals surface area contributed by atoms with E-state index < -0.39 is 21.8 Å². The highest BCUT2D eigenvalue weighted by Crippen LogP contribution is 2.24. The maximum atomic E-state index is 13.2. The maximum absolute atomic E-state index is 13.2. The molecule has 0 unspecified atom stereocenters. The Bertz CT molecular complexity index is 1150. The summed E-state index contributed by atoms with van der Waals surface area (Å²) in [6.45, 7) is 3.08. The molecule has 0 N–H and O–H groups in total. The number of furan rings is 1. The van der Waals surface area contributed by atoms with Gasteiger partial charge in [0.2, 0.25) is 5.91 Å². The zero-order chi connectivity index (χ0) is 19.9. The Labute approximate surface area is 156 Å². The molecule has 1 aromatic carbocycles. The molecule has 27 heavy (non-hydrogen) atoms. The van der Waals surface area contributed by atoms with Gasteiger partial charge in [-0.25, -0.2) is 17.5 Å². The molecule has 3 rings (SSSR count). The molecular weight excluding hydrogens is 370 g/mol. The number of carbonyl (C=O) groups excluding carboxylic acids is 1. The first-order valence-corrected chi connectivity index (χ1v) is 9.83. The Morgan fingerprint density at radius 1 is 1.15 bits per heavy atom. The number of nitrogens with zero attached hydrogens (tertiary/aromatic N) is 3. The molecule has 0 spiro atoms. The molecule has 0 bridgehead atoms. The minimum absolute atomic E-state index is 0.0586. The van der Waals surface area contributed by atoms with E-state index in [0.717, 1.165) is 4.31 Å². The van der Waals surface area contributed by atoms with Gasteiger partial charge in [0.05, 0.1) is 28.7 Å². The van der Waals surface area contributed by atoms with Crippen LogP contribution in [0.3, 0.4) is 0 Å². The molecule has 0 saturated heterocycles. The van der Waals surface area contributed by atoms with Crippen molar-refractivity contribution in [3.05, 3.63) is 52.8 Å². The van der Waals surface area contributed by atoms with Crippen molar-refractivity contribution in [3.63, 3.8) is 0 Å². The largest absolute Gasteiger partial charge is 0.467 e. The summed E-state index contributed by atoms with van der Waals surface area (Å²) in [7, 11) is -0.948. The highest BCUT2D eigenvalue weighted by molar-refractivity contribution is 7.89. The number of imidazole rings is 1. The lowest BCUT2D eigenvalue weighted by molar-refractivity contribution is -0.130. The smallest absolute Gasteiger partial charge is 0.328 e. The Balaban J connectivity index is 2.13. The average molecular weight is 391 g/mol. The minimum atomic E-state index is -4.13. The molecule has 2 heterocycles. The van der Waals surface area contributed by atoms with Gasteiger partial charge in [0.1, 0.15) is 5.76 Å². The summed E-state index contributed by atoms with van der Waals surface area (Å²) in [4.78, 5) is 24.7. The zero-order valence-electron chi connectivity index (χ0n) is 15.5. The van der Waals surface area contributed by atoms with Gasteiger partial charge in [-0.3, -0.25) is 13.9 Å². The van der Waals surface area contributed by atoms with Gasteiger partial charge in [-0.1, -0.05) is 13.8 Å². The molecule has 8 nitrogen and oxygen atoms in total. The van der Waals surface area contributed by atoms with E-state index >= 15 is 0 Å². The monoisotopic (exact) mass is 391 g/mol. The lowest BCUT2D eigenvalue weighted by atomic mass is 10.2. The van der Waals surface area contributed by atoms with Crippen LogP contribution in [0.15, 0.2) is 50.7 Å². The molecule has 0 aliphatic carbocycles. The molecule has 0 saturated carbocycles.